The van der Waals surface area contributed by atoms with Gasteiger partial charge in [0, 0.05) is 18.6 Å². The molecule has 3 rings (SSSR count). The second-order valence-electron chi connectivity index (χ2n) is 5.95. The molecule has 1 saturated carbocycles. The lowest BCUT2D eigenvalue weighted by Crippen LogP contribution is -2.33. The molecule has 2 aliphatic rings. The molecule has 2 fully saturated rings. The Morgan fingerprint density at radius 3 is 2.72 bits per heavy atom. The van der Waals surface area contributed by atoms with Crippen LogP contribution in [0.3, 0.4) is 0 Å². The Labute approximate surface area is 107 Å². The third kappa shape index (κ3) is 1.95. The molecule has 1 aromatic carbocycles. The van der Waals surface area contributed by atoms with E-state index in [0.29, 0.717) is 18.6 Å². The molecular formula is C15H20FNO. The monoisotopic (exact) mass is 249 g/mol. The molecule has 0 spiro atoms. The highest BCUT2D eigenvalue weighted by molar-refractivity contribution is 5.33. The van der Waals surface area contributed by atoms with Gasteiger partial charge in [-0.05, 0) is 56.4 Å². The van der Waals surface area contributed by atoms with E-state index in [1.54, 1.807) is 6.07 Å². The molecule has 18 heavy (non-hydrogen) atoms. The van der Waals surface area contributed by atoms with E-state index in [-0.39, 0.29) is 5.82 Å². The number of hydrogen-bond donors (Lipinski definition) is 1. The topological polar surface area (TPSA) is 23.5 Å². The first-order valence-corrected chi connectivity index (χ1v) is 6.74. The second kappa shape index (κ2) is 4.04. The zero-order valence-corrected chi connectivity index (χ0v) is 11.0. The molecule has 1 aliphatic heterocycles. The molecule has 1 aromatic rings. The van der Waals surface area contributed by atoms with Crippen LogP contribution in [0.5, 0.6) is 0 Å². The lowest BCUT2D eigenvalue weighted by molar-refractivity contribution is 0.0445. The van der Waals surface area contributed by atoms with Gasteiger partial charge in [-0.2, -0.15) is 0 Å². The summed E-state index contributed by atoms with van der Waals surface area (Å²) in [5, 5.41) is 10.9. The lowest BCUT2D eigenvalue weighted by atomic mass is 9.88. The van der Waals surface area contributed by atoms with E-state index in [0.717, 1.165) is 17.5 Å². The van der Waals surface area contributed by atoms with Gasteiger partial charge < -0.3 is 5.11 Å². The number of aliphatic hydroxyl groups is 1. The van der Waals surface area contributed by atoms with Gasteiger partial charge in [0.05, 0.1) is 0 Å². The summed E-state index contributed by atoms with van der Waals surface area (Å²) in [7, 11) is 0. The van der Waals surface area contributed by atoms with Crippen LogP contribution in [0.15, 0.2) is 18.2 Å². The molecule has 1 saturated heterocycles. The van der Waals surface area contributed by atoms with Crippen molar-refractivity contribution in [3.8, 4) is 0 Å². The molecule has 0 amide bonds. The Balaban J connectivity index is 1.90. The molecule has 3 heteroatoms. The molecule has 1 aliphatic carbocycles. The minimum atomic E-state index is -0.806. The highest BCUT2D eigenvalue weighted by atomic mass is 19.1. The first-order chi connectivity index (χ1) is 8.49. The number of likely N-dealkylation sites (tertiary alicyclic amines) is 1. The van der Waals surface area contributed by atoms with Crippen LogP contribution in [0.2, 0.25) is 0 Å². The van der Waals surface area contributed by atoms with E-state index in [4.69, 9.17) is 0 Å². The lowest BCUT2D eigenvalue weighted by Gasteiger charge is -2.25. The van der Waals surface area contributed by atoms with Gasteiger partial charge in [0.25, 0.3) is 0 Å². The summed E-state index contributed by atoms with van der Waals surface area (Å²) in [5.74, 6) is -0.232. The average Bonchev–Trinajstić information content (AvgIpc) is 3.05. The normalized spacial score (nSPS) is 33.0. The fourth-order valence-corrected chi connectivity index (χ4v) is 3.37. The third-order valence-electron chi connectivity index (χ3n) is 4.35. The van der Waals surface area contributed by atoms with Crippen molar-refractivity contribution in [2.24, 2.45) is 0 Å². The standard InChI is InChI=1S/C15H20FNO/c1-10-7-12(16)3-6-14(10)15(18)8-11(2)17(9-15)13-4-5-13/h3,6-7,11,13,18H,4-5,8-9H2,1-2H3. The Morgan fingerprint density at radius 2 is 2.11 bits per heavy atom. The molecule has 1 N–H and O–H groups in total. The molecule has 1 heterocycles. The Morgan fingerprint density at radius 1 is 1.39 bits per heavy atom. The van der Waals surface area contributed by atoms with Crippen molar-refractivity contribution in [3.05, 3.63) is 35.1 Å². The van der Waals surface area contributed by atoms with Crippen molar-refractivity contribution in [2.45, 2.75) is 50.8 Å². The van der Waals surface area contributed by atoms with Crippen LogP contribution >= 0.6 is 0 Å². The minimum Gasteiger partial charge on any atom is -0.384 e. The van der Waals surface area contributed by atoms with Crippen molar-refractivity contribution in [1.82, 2.24) is 4.90 Å². The quantitative estimate of drug-likeness (QED) is 0.871. The maximum absolute atomic E-state index is 13.2. The zero-order chi connectivity index (χ0) is 12.9. The first-order valence-electron chi connectivity index (χ1n) is 6.74. The van der Waals surface area contributed by atoms with E-state index in [1.807, 2.05) is 6.92 Å². The minimum absolute atomic E-state index is 0.232. The molecule has 2 unspecified atom stereocenters. The average molecular weight is 249 g/mol. The number of benzene rings is 1. The van der Waals surface area contributed by atoms with Crippen molar-refractivity contribution in [1.29, 1.82) is 0 Å². The van der Waals surface area contributed by atoms with Gasteiger partial charge in [-0.3, -0.25) is 4.90 Å². The van der Waals surface area contributed by atoms with Gasteiger partial charge in [0.15, 0.2) is 0 Å². The Hall–Kier alpha value is -0.930. The van der Waals surface area contributed by atoms with Crippen molar-refractivity contribution >= 4 is 0 Å². The first kappa shape index (κ1) is 12.1. The van der Waals surface area contributed by atoms with Crippen LogP contribution in [-0.2, 0) is 5.60 Å². The SMILES string of the molecule is Cc1cc(F)ccc1C1(O)CC(C)N(C2CC2)C1. The van der Waals surface area contributed by atoms with Crippen molar-refractivity contribution in [2.75, 3.05) is 6.54 Å². The second-order valence-corrected chi connectivity index (χ2v) is 5.95. The zero-order valence-electron chi connectivity index (χ0n) is 11.0. The molecule has 0 radical (unpaired) electrons. The van der Waals surface area contributed by atoms with Gasteiger partial charge in [-0.1, -0.05) is 6.07 Å². The van der Waals surface area contributed by atoms with Crippen LogP contribution in [-0.4, -0.2) is 28.6 Å². The van der Waals surface area contributed by atoms with Gasteiger partial charge in [0.2, 0.25) is 0 Å². The van der Waals surface area contributed by atoms with Crippen molar-refractivity contribution in [3.63, 3.8) is 0 Å². The van der Waals surface area contributed by atoms with Gasteiger partial charge >= 0.3 is 0 Å². The van der Waals surface area contributed by atoms with E-state index >= 15 is 0 Å². The summed E-state index contributed by atoms with van der Waals surface area (Å²) in [6.07, 6.45) is 3.25. The van der Waals surface area contributed by atoms with Crippen LogP contribution < -0.4 is 0 Å². The molecular weight excluding hydrogens is 229 g/mol. The van der Waals surface area contributed by atoms with Crippen LogP contribution in [0.25, 0.3) is 0 Å². The fourth-order valence-electron chi connectivity index (χ4n) is 3.37. The van der Waals surface area contributed by atoms with Crippen LogP contribution in [0.4, 0.5) is 4.39 Å². The predicted octanol–water partition coefficient (Wildman–Crippen LogP) is 2.58. The number of rotatable bonds is 2. The summed E-state index contributed by atoms with van der Waals surface area (Å²) in [4.78, 5) is 2.41. The summed E-state index contributed by atoms with van der Waals surface area (Å²) < 4.78 is 13.2. The summed E-state index contributed by atoms with van der Waals surface area (Å²) >= 11 is 0. The number of nitrogens with zero attached hydrogens (tertiary/aromatic N) is 1. The maximum Gasteiger partial charge on any atom is 0.123 e. The van der Waals surface area contributed by atoms with E-state index < -0.39 is 5.60 Å². The van der Waals surface area contributed by atoms with Crippen LogP contribution in [0, 0.1) is 12.7 Å². The molecule has 2 nitrogen and oxygen atoms in total. The molecule has 0 aromatic heterocycles. The van der Waals surface area contributed by atoms with Crippen LogP contribution in [0.1, 0.15) is 37.3 Å². The smallest absolute Gasteiger partial charge is 0.123 e. The molecule has 0 bridgehead atoms. The summed E-state index contributed by atoms with van der Waals surface area (Å²) in [6, 6.07) is 5.78. The van der Waals surface area contributed by atoms with Gasteiger partial charge in [0.1, 0.15) is 11.4 Å². The highest BCUT2D eigenvalue weighted by Crippen LogP contribution is 2.42. The third-order valence-corrected chi connectivity index (χ3v) is 4.35. The maximum atomic E-state index is 13.2. The molecule has 2 atom stereocenters. The highest BCUT2D eigenvalue weighted by Gasteiger charge is 2.47. The largest absolute Gasteiger partial charge is 0.384 e. The number of hydrogen-bond acceptors (Lipinski definition) is 2. The molecule has 98 valence electrons. The fraction of sp³-hybridized carbons (Fsp3) is 0.600. The summed E-state index contributed by atoms with van der Waals surface area (Å²) in [6.45, 7) is 4.74. The predicted molar refractivity (Wildman–Crippen MR) is 68.8 cm³/mol. The van der Waals surface area contributed by atoms with E-state index in [9.17, 15) is 9.50 Å². The van der Waals surface area contributed by atoms with E-state index in [1.165, 1.54) is 25.0 Å². The number of halogens is 1. The van der Waals surface area contributed by atoms with Gasteiger partial charge in [-0.25, -0.2) is 4.39 Å². The van der Waals surface area contributed by atoms with Crippen molar-refractivity contribution < 1.29 is 9.50 Å². The Bertz CT molecular complexity index is 472. The summed E-state index contributed by atoms with van der Waals surface area (Å²) in [5.41, 5.74) is 0.932. The number of aryl methyl sites for hydroxylation is 1. The van der Waals surface area contributed by atoms with Gasteiger partial charge in [-0.15, -0.1) is 0 Å². The number of β-amino-alcohol motifs (C(OH)–C–C–N with tert-alkyl or cyclic N) is 1. The Kier molecular flexibility index (Phi) is 2.72. The van der Waals surface area contributed by atoms with E-state index in [2.05, 4.69) is 11.8 Å².